The molecule has 0 aliphatic rings. The van der Waals surface area contributed by atoms with Crippen LogP contribution in [0.3, 0.4) is 0 Å². The van der Waals surface area contributed by atoms with Crippen molar-refractivity contribution in [2.24, 2.45) is 5.92 Å². The summed E-state index contributed by atoms with van der Waals surface area (Å²) in [5.41, 5.74) is 0.930. The molecule has 0 aliphatic carbocycles. The Morgan fingerprint density at radius 3 is 2.41 bits per heavy atom. The molecule has 1 rings (SSSR count). The Morgan fingerprint density at radius 1 is 1.29 bits per heavy atom. The third kappa shape index (κ3) is 3.84. The van der Waals surface area contributed by atoms with Crippen molar-refractivity contribution in [2.75, 3.05) is 6.54 Å². The molecule has 2 atom stereocenters. The van der Waals surface area contributed by atoms with Crippen LogP contribution in [0.15, 0.2) is 12.3 Å². The van der Waals surface area contributed by atoms with Crippen molar-refractivity contribution in [3.63, 3.8) is 0 Å². The SMILES string of the molecule is CCNC(C)C(c1ncc(Cl)cc1Cl)C(C)C. The van der Waals surface area contributed by atoms with Crippen molar-refractivity contribution in [2.45, 2.75) is 39.7 Å². The second-order valence-electron chi connectivity index (χ2n) is 4.64. The highest BCUT2D eigenvalue weighted by Crippen LogP contribution is 2.32. The Kier molecular flexibility index (Phi) is 5.71. The van der Waals surface area contributed by atoms with Gasteiger partial charge in [-0.05, 0) is 25.5 Å². The minimum absolute atomic E-state index is 0.291. The van der Waals surface area contributed by atoms with Crippen LogP contribution in [0.25, 0.3) is 0 Å². The van der Waals surface area contributed by atoms with E-state index in [9.17, 15) is 0 Å². The molecule has 96 valence electrons. The lowest BCUT2D eigenvalue weighted by molar-refractivity contribution is 0.376. The Labute approximate surface area is 114 Å². The van der Waals surface area contributed by atoms with Crippen molar-refractivity contribution in [3.05, 3.63) is 28.0 Å². The van der Waals surface area contributed by atoms with E-state index in [1.807, 2.05) is 0 Å². The molecule has 1 heterocycles. The lowest BCUT2D eigenvalue weighted by Gasteiger charge is -2.28. The van der Waals surface area contributed by atoms with Crippen molar-refractivity contribution in [3.8, 4) is 0 Å². The van der Waals surface area contributed by atoms with Crippen molar-refractivity contribution in [1.29, 1.82) is 0 Å². The Balaban J connectivity index is 3.05. The van der Waals surface area contributed by atoms with Gasteiger partial charge in [-0.25, -0.2) is 0 Å². The highest BCUT2D eigenvalue weighted by atomic mass is 35.5. The molecule has 0 amide bonds. The number of hydrogen-bond donors (Lipinski definition) is 1. The average Bonchev–Trinajstić information content (AvgIpc) is 2.21. The van der Waals surface area contributed by atoms with Gasteiger partial charge >= 0.3 is 0 Å². The number of aromatic nitrogens is 1. The molecule has 0 aliphatic heterocycles. The molecule has 0 saturated carbocycles. The number of halogens is 2. The van der Waals surface area contributed by atoms with Gasteiger partial charge in [-0.15, -0.1) is 0 Å². The molecule has 2 unspecified atom stereocenters. The van der Waals surface area contributed by atoms with E-state index in [1.54, 1.807) is 12.3 Å². The second-order valence-corrected chi connectivity index (χ2v) is 5.48. The Bertz CT molecular complexity index is 366. The van der Waals surface area contributed by atoms with Crippen LogP contribution in [0.2, 0.25) is 10.0 Å². The summed E-state index contributed by atoms with van der Waals surface area (Å²) in [7, 11) is 0. The first-order chi connectivity index (χ1) is 7.97. The van der Waals surface area contributed by atoms with E-state index in [2.05, 4.69) is 38.0 Å². The number of pyridine rings is 1. The van der Waals surface area contributed by atoms with Crippen LogP contribution in [0.4, 0.5) is 0 Å². The van der Waals surface area contributed by atoms with Gasteiger partial charge in [-0.3, -0.25) is 4.98 Å². The maximum atomic E-state index is 6.24. The van der Waals surface area contributed by atoms with Crippen molar-refractivity contribution >= 4 is 23.2 Å². The number of likely N-dealkylation sites (N-methyl/N-ethyl adjacent to an activating group) is 1. The van der Waals surface area contributed by atoms with Gasteiger partial charge in [0.25, 0.3) is 0 Å². The molecule has 1 N–H and O–H groups in total. The number of nitrogens with one attached hydrogen (secondary N) is 1. The van der Waals surface area contributed by atoms with Crippen LogP contribution >= 0.6 is 23.2 Å². The summed E-state index contributed by atoms with van der Waals surface area (Å²) < 4.78 is 0. The predicted octanol–water partition coefficient (Wildman–Crippen LogP) is 4.13. The minimum atomic E-state index is 0.291. The van der Waals surface area contributed by atoms with Crippen LogP contribution in [-0.4, -0.2) is 17.6 Å². The summed E-state index contributed by atoms with van der Waals surface area (Å²) in [5.74, 6) is 0.759. The topological polar surface area (TPSA) is 24.9 Å². The Morgan fingerprint density at radius 2 is 1.94 bits per heavy atom. The zero-order chi connectivity index (χ0) is 13.0. The normalized spacial score (nSPS) is 15.0. The average molecular weight is 275 g/mol. The van der Waals surface area contributed by atoms with Crippen LogP contribution in [0.1, 0.15) is 39.3 Å². The molecule has 0 radical (unpaired) electrons. The van der Waals surface area contributed by atoms with Crippen LogP contribution in [-0.2, 0) is 0 Å². The molecule has 4 heteroatoms. The Hall–Kier alpha value is -0.310. The van der Waals surface area contributed by atoms with Gasteiger partial charge in [0.05, 0.1) is 15.7 Å². The molecular weight excluding hydrogens is 255 g/mol. The molecule has 17 heavy (non-hydrogen) atoms. The fourth-order valence-electron chi connectivity index (χ4n) is 2.25. The van der Waals surface area contributed by atoms with Crippen LogP contribution < -0.4 is 5.32 Å². The number of rotatable bonds is 5. The fraction of sp³-hybridized carbons (Fsp3) is 0.615. The maximum Gasteiger partial charge on any atom is 0.0639 e. The van der Waals surface area contributed by atoms with E-state index in [0.717, 1.165) is 12.2 Å². The molecule has 0 saturated heterocycles. The van der Waals surface area contributed by atoms with Crippen LogP contribution in [0.5, 0.6) is 0 Å². The van der Waals surface area contributed by atoms with Crippen molar-refractivity contribution < 1.29 is 0 Å². The molecule has 2 nitrogen and oxygen atoms in total. The van der Waals surface area contributed by atoms with E-state index in [-0.39, 0.29) is 0 Å². The zero-order valence-electron chi connectivity index (χ0n) is 10.8. The standard InChI is InChI=1S/C13H20Cl2N2/c1-5-16-9(4)12(8(2)3)13-11(15)6-10(14)7-17-13/h6-9,12,16H,5H2,1-4H3. The zero-order valence-corrected chi connectivity index (χ0v) is 12.3. The summed E-state index contributed by atoms with van der Waals surface area (Å²) >= 11 is 12.1. The predicted molar refractivity (Wildman–Crippen MR) is 75.0 cm³/mol. The van der Waals surface area contributed by atoms with Gasteiger partial charge in [0.2, 0.25) is 0 Å². The van der Waals surface area contributed by atoms with E-state index in [4.69, 9.17) is 23.2 Å². The van der Waals surface area contributed by atoms with Gasteiger partial charge in [-0.1, -0.05) is 44.0 Å². The van der Waals surface area contributed by atoms with E-state index in [0.29, 0.717) is 27.9 Å². The first-order valence-electron chi connectivity index (χ1n) is 6.01. The summed E-state index contributed by atoms with van der Waals surface area (Å²) in [4.78, 5) is 4.40. The van der Waals surface area contributed by atoms with Gasteiger partial charge in [0.15, 0.2) is 0 Å². The molecule has 1 aromatic heterocycles. The quantitative estimate of drug-likeness (QED) is 0.874. The van der Waals surface area contributed by atoms with E-state index in [1.165, 1.54) is 0 Å². The lowest BCUT2D eigenvalue weighted by atomic mass is 9.86. The first-order valence-corrected chi connectivity index (χ1v) is 6.77. The van der Waals surface area contributed by atoms with E-state index < -0.39 is 0 Å². The third-order valence-electron chi connectivity index (χ3n) is 2.94. The third-order valence-corrected chi connectivity index (χ3v) is 3.44. The smallest absolute Gasteiger partial charge is 0.0639 e. The minimum Gasteiger partial charge on any atom is -0.314 e. The van der Waals surface area contributed by atoms with Gasteiger partial charge in [-0.2, -0.15) is 0 Å². The molecule has 0 fully saturated rings. The molecule has 1 aromatic rings. The number of nitrogens with zero attached hydrogens (tertiary/aromatic N) is 1. The molecule has 0 bridgehead atoms. The first kappa shape index (κ1) is 14.7. The summed E-state index contributed by atoms with van der Waals surface area (Å²) in [5, 5.41) is 4.67. The monoisotopic (exact) mass is 274 g/mol. The summed E-state index contributed by atoms with van der Waals surface area (Å²) in [6, 6.07) is 2.10. The molecular formula is C13H20Cl2N2. The highest BCUT2D eigenvalue weighted by molar-refractivity contribution is 6.34. The highest BCUT2D eigenvalue weighted by Gasteiger charge is 2.25. The molecule has 0 aromatic carbocycles. The van der Waals surface area contributed by atoms with E-state index >= 15 is 0 Å². The van der Waals surface area contributed by atoms with Gasteiger partial charge in [0.1, 0.15) is 0 Å². The fourth-order valence-corrected chi connectivity index (χ4v) is 2.76. The second kappa shape index (κ2) is 6.58. The number of hydrogen-bond acceptors (Lipinski definition) is 2. The summed E-state index contributed by atoms with van der Waals surface area (Å²) in [6.07, 6.45) is 1.66. The van der Waals surface area contributed by atoms with Crippen LogP contribution in [0, 0.1) is 5.92 Å². The van der Waals surface area contributed by atoms with Gasteiger partial charge in [0, 0.05) is 18.2 Å². The lowest BCUT2D eigenvalue weighted by Crippen LogP contribution is -2.35. The largest absolute Gasteiger partial charge is 0.314 e. The summed E-state index contributed by atoms with van der Waals surface area (Å²) in [6.45, 7) is 9.58. The van der Waals surface area contributed by atoms with Gasteiger partial charge < -0.3 is 5.32 Å². The molecule has 0 spiro atoms. The maximum absolute atomic E-state index is 6.24. The van der Waals surface area contributed by atoms with Crippen molar-refractivity contribution in [1.82, 2.24) is 10.3 Å².